The van der Waals surface area contributed by atoms with Gasteiger partial charge in [-0.3, -0.25) is 4.79 Å². The Bertz CT molecular complexity index is 682. The number of rotatable bonds is 7. The van der Waals surface area contributed by atoms with E-state index >= 15 is 0 Å². The van der Waals surface area contributed by atoms with Crippen LogP contribution in [0.1, 0.15) is 12.5 Å². The van der Waals surface area contributed by atoms with Crippen LogP contribution in [0.3, 0.4) is 0 Å². The number of methoxy groups -OCH3 is 2. The van der Waals surface area contributed by atoms with Crippen molar-refractivity contribution >= 4 is 17.8 Å². The zero-order valence-electron chi connectivity index (χ0n) is 14.5. The minimum atomic E-state index is -1.17. The van der Waals surface area contributed by atoms with Gasteiger partial charge in [0.2, 0.25) is 0 Å². The van der Waals surface area contributed by atoms with Crippen LogP contribution in [0.2, 0.25) is 0 Å². The summed E-state index contributed by atoms with van der Waals surface area (Å²) in [6, 6.07) is 8.35. The number of hydrogen-bond acceptors (Lipinski definition) is 6. The summed E-state index contributed by atoms with van der Waals surface area (Å²) in [6.45, 7) is 2.11. The molecule has 1 amide bonds. The summed E-state index contributed by atoms with van der Waals surface area (Å²) in [5.74, 6) is -2.17. The lowest BCUT2D eigenvalue weighted by molar-refractivity contribution is -0.150. The Morgan fingerprint density at radius 3 is 2.36 bits per heavy atom. The molecule has 0 N–H and O–H groups in total. The van der Waals surface area contributed by atoms with Crippen LogP contribution in [-0.2, 0) is 35.0 Å². The van der Waals surface area contributed by atoms with Gasteiger partial charge in [-0.2, -0.15) is 0 Å². The van der Waals surface area contributed by atoms with Crippen molar-refractivity contribution in [2.45, 2.75) is 19.4 Å². The maximum atomic E-state index is 12.7. The zero-order chi connectivity index (χ0) is 18.4. The van der Waals surface area contributed by atoms with Gasteiger partial charge in [-0.15, -0.1) is 0 Å². The highest BCUT2D eigenvalue weighted by Crippen LogP contribution is 2.29. The fraction of sp³-hybridized carbons (Fsp3) is 0.389. The third kappa shape index (κ3) is 3.81. The van der Waals surface area contributed by atoms with Gasteiger partial charge in [0.05, 0.1) is 20.8 Å². The van der Waals surface area contributed by atoms with Crippen LogP contribution in [0.15, 0.2) is 41.7 Å². The number of nitrogens with zero attached hydrogens (tertiary/aromatic N) is 1. The lowest BCUT2D eigenvalue weighted by atomic mass is 10.1. The summed E-state index contributed by atoms with van der Waals surface area (Å²) in [5, 5.41) is 0. The highest BCUT2D eigenvalue weighted by Gasteiger charge is 2.48. The molecule has 25 heavy (non-hydrogen) atoms. The number of carbonyl (C=O) groups excluding carboxylic acids is 3. The lowest BCUT2D eigenvalue weighted by Crippen LogP contribution is -2.44. The molecule has 1 unspecified atom stereocenters. The van der Waals surface area contributed by atoms with E-state index in [1.165, 1.54) is 19.1 Å². The molecule has 1 atom stereocenters. The monoisotopic (exact) mass is 347 g/mol. The number of esters is 2. The number of amides is 1. The fourth-order valence-electron chi connectivity index (χ4n) is 2.72. The summed E-state index contributed by atoms with van der Waals surface area (Å²) in [5.41, 5.74) is 0.887. The van der Waals surface area contributed by atoms with Gasteiger partial charge in [0, 0.05) is 6.54 Å². The van der Waals surface area contributed by atoms with E-state index in [4.69, 9.17) is 14.2 Å². The number of carbonyl (C=O) groups is 3. The molecule has 0 spiro atoms. The third-order valence-corrected chi connectivity index (χ3v) is 3.89. The molecule has 2 rings (SSSR count). The van der Waals surface area contributed by atoms with Crippen molar-refractivity contribution in [1.29, 1.82) is 0 Å². The van der Waals surface area contributed by atoms with Crippen molar-refractivity contribution < 1.29 is 28.6 Å². The molecule has 1 aromatic rings. The molecule has 0 aliphatic carbocycles. The summed E-state index contributed by atoms with van der Waals surface area (Å²) in [7, 11) is 2.39. The second-order valence-electron chi connectivity index (χ2n) is 5.33. The Hall–Kier alpha value is -2.83. The van der Waals surface area contributed by atoms with Gasteiger partial charge in [-0.1, -0.05) is 30.3 Å². The largest absolute Gasteiger partial charge is 0.488 e. The van der Waals surface area contributed by atoms with E-state index in [-0.39, 0.29) is 24.5 Å². The van der Waals surface area contributed by atoms with Crippen LogP contribution >= 0.6 is 0 Å². The molecule has 0 fully saturated rings. The summed E-state index contributed by atoms with van der Waals surface area (Å²) in [4.78, 5) is 38.4. The fourth-order valence-corrected chi connectivity index (χ4v) is 2.72. The van der Waals surface area contributed by atoms with Gasteiger partial charge in [0.1, 0.15) is 5.57 Å². The van der Waals surface area contributed by atoms with Crippen molar-refractivity contribution in [2.24, 2.45) is 0 Å². The maximum Gasteiger partial charge on any atom is 0.340 e. The molecule has 7 nitrogen and oxygen atoms in total. The molecule has 7 heteroatoms. The van der Waals surface area contributed by atoms with Crippen molar-refractivity contribution in [2.75, 3.05) is 27.4 Å². The zero-order valence-corrected chi connectivity index (χ0v) is 14.5. The molecule has 1 aliphatic heterocycles. The van der Waals surface area contributed by atoms with Crippen LogP contribution < -0.4 is 0 Å². The number of benzene rings is 1. The molecule has 1 aromatic carbocycles. The first kappa shape index (κ1) is 18.5. The third-order valence-electron chi connectivity index (χ3n) is 3.89. The maximum absolute atomic E-state index is 12.7. The highest BCUT2D eigenvalue weighted by atomic mass is 16.5. The van der Waals surface area contributed by atoms with Crippen molar-refractivity contribution in [3.05, 3.63) is 47.2 Å². The van der Waals surface area contributed by atoms with Gasteiger partial charge in [-0.25, -0.2) is 9.59 Å². The predicted octanol–water partition coefficient (Wildman–Crippen LogP) is 1.08. The summed E-state index contributed by atoms with van der Waals surface area (Å²) < 4.78 is 14.9. The molecule has 1 heterocycles. The standard InChI is InChI=1S/C18H21NO6/c1-4-25-15-13(17(21)23-2)14(18(22)24-3)19(16(15)20)11-10-12-8-6-5-7-9-12/h5-9,14H,4,10-11H2,1-3H3. The van der Waals surface area contributed by atoms with E-state index in [1.807, 2.05) is 30.3 Å². The quantitative estimate of drug-likeness (QED) is 0.687. The molecule has 0 bridgehead atoms. The van der Waals surface area contributed by atoms with Gasteiger partial charge in [0.15, 0.2) is 11.8 Å². The molecule has 0 saturated heterocycles. The van der Waals surface area contributed by atoms with E-state index in [0.717, 1.165) is 5.56 Å². The van der Waals surface area contributed by atoms with Gasteiger partial charge in [-0.05, 0) is 18.9 Å². The van der Waals surface area contributed by atoms with E-state index in [0.29, 0.717) is 6.42 Å². The first-order valence-electron chi connectivity index (χ1n) is 7.93. The molecule has 134 valence electrons. The van der Waals surface area contributed by atoms with Crippen molar-refractivity contribution in [1.82, 2.24) is 4.90 Å². The minimum absolute atomic E-state index is 0.116. The predicted molar refractivity (Wildman–Crippen MR) is 88.3 cm³/mol. The average Bonchev–Trinajstić information content (AvgIpc) is 2.92. The molecular weight excluding hydrogens is 326 g/mol. The van der Waals surface area contributed by atoms with Crippen LogP contribution in [0.5, 0.6) is 0 Å². The molecule has 1 aliphatic rings. The molecule has 0 saturated carbocycles. The Morgan fingerprint density at radius 2 is 1.80 bits per heavy atom. The van der Waals surface area contributed by atoms with E-state index in [1.54, 1.807) is 6.92 Å². The second-order valence-corrected chi connectivity index (χ2v) is 5.33. The van der Waals surface area contributed by atoms with Crippen LogP contribution in [0, 0.1) is 0 Å². The first-order chi connectivity index (χ1) is 12.0. The molecule has 0 aromatic heterocycles. The Kier molecular flexibility index (Phi) is 6.16. The van der Waals surface area contributed by atoms with Gasteiger partial charge in [0.25, 0.3) is 5.91 Å². The lowest BCUT2D eigenvalue weighted by Gasteiger charge is -2.23. The summed E-state index contributed by atoms with van der Waals surface area (Å²) in [6.07, 6.45) is 0.522. The molecule has 0 radical (unpaired) electrons. The Morgan fingerprint density at radius 1 is 1.12 bits per heavy atom. The van der Waals surface area contributed by atoms with E-state index in [9.17, 15) is 14.4 Å². The van der Waals surface area contributed by atoms with Crippen LogP contribution in [0.4, 0.5) is 0 Å². The number of hydrogen-bond donors (Lipinski definition) is 0. The minimum Gasteiger partial charge on any atom is -0.488 e. The highest BCUT2D eigenvalue weighted by molar-refractivity contribution is 6.11. The Balaban J connectivity index is 2.33. The van der Waals surface area contributed by atoms with Crippen LogP contribution in [0.25, 0.3) is 0 Å². The normalized spacial score (nSPS) is 16.8. The smallest absolute Gasteiger partial charge is 0.340 e. The first-order valence-corrected chi connectivity index (χ1v) is 7.93. The van der Waals surface area contributed by atoms with Gasteiger partial charge < -0.3 is 19.1 Å². The summed E-state index contributed by atoms with van der Waals surface area (Å²) >= 11 is 0. The van der Waals surface area contributed by atoms with Crippen molar-refractivity contribution in [3.63, 3.8) is 0 Å². The van der Waals surface area contributed by atoms with Crippen LogP contribution in [-0.4, -0.2) is 56.2 Å². The number of ether oxygens (including phenoxy) is 3. The second kappa shape index (κ2) is 8.32. The molecular formula is C18H21NO6. The topological polar surface area (TPSA) is 82.1 Å². The van der Waals surface area contributed by atoms with Gasteiger partial charge >= 0.3 is 11.9 Å². The van der Waals surface area contributed by atoms with E-state index < -0.39 is 23.9 Å². The Labute approximate surface area is 146 Å². The van der Waals surface area contributed by atoms with E-state index in [2.05, 4.69) is 0 Å². The SMILES string of the molecule is CCOC1=C(C(=O)OC)C(C(=O)OC)N(CCc2ccccc2)C1=O. The van der Waals surface area contributed by atoms with Crippen molar-refractivity contribution in [3.8, 4) is 0 Å². The average molecular weight is 347 g/mol.